The first-order valence-electron chi connectivity index (χ1n) is 7.16. The second-order valence-electron chi connectivity index (χ2n) is 5.63. The Morgan fingerprint density at radius 2 is 1.86 bits per heavy atom. The summed E-state index contributed by atoms with van der Waals surface area (Å²) in [7, 11) is 0. The molecule has 0 unspecified atom stereocenters. The highest BCUT2D eigenvalue weighted by Gasteiger charge is 2.23. The molecule has 3 rings (SSSR count). The molecule has 0 aromatic heterocycles. The van der Waals surface area contributed by atoms with E-state index in [1.54, 1.807) is 0 Å². The Balaban J connectivity index is 2.05. The van der Waals surface area contributed by atoms with Gasteiger partial charge in [0.1, 0.15) is 0 Å². The van der Waals surface area contributed by atoms with Crippen molar-refractivity contribution in [3.8, 4) is 0 Å². The Morgan fingerprint density at radius 1 is 1.10 bits per heavy atom. The van der Waals surface area contributed by atoms with E-state index >= 15 is 0 Å². The maximum Gasteiger partial charge on any atom is 0.189 e. The lowest BCUT2D eigenvalue weighted by Crippen LogP contribution is -2.15. The van der Waals surface area contributed by atoms with Crippen molar-refractivity contribution in [1.82, 2.24) is 0 Å². The first-order chi connectivity index (χ1) is 10.1. The summed E-state index contributed by atoms with van der Waals surface area (Å²) >= 11 is 3.54. The molecule has 0 aliphatic heterocycles. The third kappa shape index (κ3) is 2.73. The number of ketones is 1. The molecule has 0 bridgehead atoms. The average Bonchev–Trinajstić information content (AvgIpc) is 2.44. The number of fused-ring (bicyclic) bond motifs is 1. The fourth-order valence-electron chi connectivity index (χ4n) is 3.00. The molecule has 0 radical (unpaired) electrons. The molecule has 1 nitrogen and oxygen atoms in total. The van der Waals surface area contributed by atoms with Crippen LogP contribution in [-0.2, 0) is 6.42 Å². The Bertz CT molecular complexity index is 756. The molecule has 0 amide bonds. The Morgan fingerprint density at radius 3 is 2.62 bits per heavy atom. The number of rotatable bonds is 1. The number of halogens is 1. The molecule has 0 heterocycles. The van der Waals surface area contributed by atoms with Crippen LogP contribution in [0.1, 0.15) is 39.0 Å². The molecule has 0 N–H and O–H groups in total. The smallest absolute Gasteiger partial charge is 0.189 e. The van der Waals surface area contributed by atoms with Crippen LogP contribution in [0.15, 0.2) is 46.4 Å². The number of hydrogen-bond donors (Lipinski definition) is 0. The van der Waals surface area contributed by atoms with Crippen LogP contribution >= 0.6 is 15.9 Å². The molecule has 2 heteroatoms. The van der Waals surface area contributed by atoms with Gasteiger partial charge in [0.2, 0.25) is 0 Å². The molecular formula is C19H17BrO. The summed E-state index contributed by atoms with van der Waals surface area (Å²) in [6, 6.07) is 12.2. The number of carbonyl (C=O) groups is 1. The highest BCUT2D eigenvalue weighted by molar-refractivity contribution is 9.10. The van der Waals surface area contributed by atoms with Crippen molar-refractivity contribution >= 4 is 27.8 Å². The van der Waals surface area contributed by atoms with E-state index in [1.165, 1.54) is 11.1 Å². The fourth-order valence-corrected chi connectivity index (χ4v) is 3.39. The van der Waals surface area contributed by atoms with Gasteiger partial charge in [0, 0.05) is 15.6 Å². The van der Waals surface area contributed by atoms with E-state index in [-0.39, 0.29) is 5.78 Å². The second-order valence-corrected chi connectivity index (χ2v) is 6.48. The largest absolute Gasteiger partial charge is 0.289 e. The molecule has 0 atom stereocenters. The quantitative estimate of drug-likeness (QED) is 0.645. The van der Waals surface area contributed by atoms with E-state index < -0.39 is 0 Å². The third-order valence-electron chi connectivity index (χ3n) is 4.03. The number of aryl methyl sites for hydroxylation is 2. The summed E-state index contributed by atoms with van der Waals surface area (Å²) in [5.74, 6) is 0.179. The van der Waals surface area contributed by atoms with Crippen LogP contribution in [0.25, 0.3) is 6.08 Å². The van der Waals surface area contributed by atoms with Crippen molar-refractivity contribution in [2.24, 2.45) is 0 Å². The summed E-state index contributed by atoms with van der Waals surface area (Å²) in [4.78, 5) is 12.8. The molecule has 0 fully saturated rings. The van der Waals surface area contributed by atoms with Gasteiger partial charge < -0.3 is 0 Å². The predicted octanol–water partition coefficient (Wildman–Crippen LogP) is 5.28. The van der Waals surface area contributed by atoms with Gasteiger partial charge in [-0.1, -0.05) is 45.8 Å². The molecule has 106 valence electrons. The van der Waals surface area contributed by atoms with Crippen molar-refractivity contribution in [2.75, 3.05) is 0 Å². The lowest BCUT2D eigenvalue weighted by molar-refractivity contribution is 0.102. The van der Waals surface area contributed by atoms with Crippen molar-refractivity contribution in [1.29, 1.82) is 0 Å². The highest BCUT2D eigenvalue weighted by Crippen LogP contribution is 2.30. The number of allylic oxidation sites excluding steroid dienone is 1. The standard InChI is InChI=1S/C19H17BrO/c1-12-9-13(2)16-8-7-15(19(21)17(16)10-12)11-14-5-3-4-6-18(14)20/h3-6,9-11H,7-8H2,1-2H3. The van der Waals surface area contributed by atoms with E-state index in [2.05, 4.69) is 28.9 Å². The van der Waals surface area contributed by atoms with Gasteiger partial charge in [-0.05, 0) is 61.6 Å². The Labute approximate surface area is 133 Å². The van der Waals surface area contributed by atoms with Crippen LogP contribution in [0.3, 0.4) is 0 Å². The molecule has 0 spiro atoms. The molecule has 2 aromatic rings. The minimum Gasteiger partial charge on any atom is -0.289 e. The lowest BCUT2D eigenvalue weighted by Gasteiger charge is -2.20. The normalized spacial score (nSPS) is 16.1. The molecule has 21 heavy (non-hydrogen) atoms. The van der Waals surface area contributed by atoms with Gasteiger partial charge in [-0.2, -0.15) is 0 Å². The van der Waals surface area contributed by atoms with Crippen LogP contribution in [0.2, 0.25) is 0 Å². The van der Waals surface area contributed by atoms with E-state index in [9.17, 15) is 4.79 Å². The minimum absolute atomic E-state index is 0.179. The van der Waals surface area contributed by atoms with E-state index in [0.29, 0.717) is 0 Å². The van der Waals surface area contributed by atoms with Gasteiger partial charge >= 0.3 is 0 Å². The molecule has 1 aliphatic rings. The van der Waals surface area contributed by atoms with Crippen LogP contribution < -0.4 is 0 Å². The molecular weight excluding hydrogens is 324 g/mol. The van der Waals surface area contributed by atoms with Crippen molar-refractivity contribution in [3.05, 3.63) is 74.3 Å². The number of hydrogen-bond acceptors (Lipinski definition) is 1. The Hall–Kier alpha value is -1.67. The van der Waals surface area contributed by atoms with Gasteiger partial charge in [-0.15, -0.1) is 0 Å². The summed E-state index contributed by atoms with van der Waals surface area (Å²) in [5.41, 5.74) is 6.46. The summed E-state index contributed by atoms with van der Waals surface area (Å²) in [5, 5.41) is 0. The topological polar surface area (TPSA) is 17.1 Å². The summed E-state index contributed by atoms with van der Waals surface area (Å²) in [6.07, 6.45) is 3.79. The zero-order valence-electron chi connectivity index (χ0n) is 12.2. The van der Waals surface area contributed by atoms with Gasteiger partial charge in [0.05, 0.1) is 0 Å². The molecule has 2 aromatic carbocycles. The van der Waals surface area contributed by atoms with E-state index in [1.807, 2.05) is 43.3 Å². The Kier molecular flexibility index (Phi) is 3.81. The number of benzene rings is 2. The maximum absolute atomic E-state index is 12.8. The number of Topliss-reactive ketones (excluding diaryl/α,β-unsaturated/α-hetero) is 1. The van der Waals surface area contributed by atoms with Gasteiger partial charge in [-0.3, -0.25) is 4.79 Å². The first kappa shape index (κ1) is 14.3. The summed E-state index contributed by atoms with van der Waals surface area (Å²) < 4.78 is 1.02. The predicted molar refractivity (Wildman–Crippen MR) is 90.7 cm³/mol. The van der Waals surface area contributed by atoms with Crippen LogP contribution in [-0.4, -0.2) is 5.78 Å². The monoisotopic (exact) mass is 340 g/mol. The first-order valence-corrected chi connectivity index (χ1v) is 7.95. The van der Waals surface area contributed by atoms with E-state index in [4.69, 9.17) is 0 Å². The lowest BCUT2D eigenvalue weighted by atomic mass is 9.83. The highest BCUT2D eigenvalue weighted by atomic mass is 79.9. The van der Waals surface area contributed by atoms with Gasteiger partial charge in [-0.25, -0.2) is 0 Å². The van der Waals surface area contributed by atoms with Crippen LogP contribution in [0.4, 0.5) is 0 Å². The van der Waals surface area contributed by atoms with Gasteiger partial charge in [0.15, 0.2) is 5.78 Å². The van der Waals surface area contributed by atoms with Crippen LogP contribution in [0.5, 0.6) is 0 Å². The number of carbonyl (C=O) groups excluding carboxylic acids is 1. The van der Waals surface area contributed by atoms with Crippen molar-refractivity contribution < 1.29 is 4.79 Å². The second kappa shape index (κ2) is 5.61. The van der Waals surface area contributed by atoms with E-state index in [0.717, 1.165) is 39.6 Å². The zero-order valence-corrected chi connectivity index (χ0v) is 13.8. The van der Waals surface area contributed by atoms with Gasteiger partial charge in [0.25, 0.3) is 0 Å². The van der Waals surface area contributed by atoms with Crippen LogP contribution in [0, 0.1) is 13.8 Å². The average molecular weight is 341 g/mol. The molecule has 1 aliphatic carbocycles. The minimum atomic E-state index is 0.179. The maximum atomic E-state index is 12.8. The van der Waals surface area contributed by atoms with Crippen molar-refractivity contribution in [2.45, 2.75) is 26.7 Å². The SMILES string of the molecule is Cc1cc(C)c2c(c1)C(=O)C(=Cc1ccccc1Br)CC2. The third-order valence-corrected chi connectivity index (χ3v) is 4.76. The molecule has 0 saturated heterocycles. The fraction of sp³-hybridized carbons (Fsp3) is 0.211. The van der Waals surface area contributed by atoms with Crippen molar-refractivity contribution in [3.63, 3.8) is 0 Å². The zero-order chi connectivity index (χ0) is 15.0. The molecule has 0 saturated carbocycles. The summed E-state index contributed by atoms with van der Waals surface area (Å²) in [6.45, 7) is 4.15.